The van der Waals surface area contributed by atoms with Gasteiger partial charge in [0.1, 0.15) is 10.6 Å². The molecule has 0 aromatic heterocycles. The minimum Gasteiger partial charge on any atom is -0.423 e. The Hall–Kier alpha value is -2.17. The van der Waals surface area contributed by atoms with Gasteiger partial charge in [-0.1, -0.05) is 29.3 Å². The maximum atomic E-state index is 12.9. The third-order valence-corrected chi connectivity index (χ3v) is 6.83. The lowest BCUT2D eigenvalue weighted by Crippen LogP contribution is -2.40. The van der Waals surface area contributed by atoms with E-state index in [9.17, 15) is 18.0 Å². The fraction of sp³-hybridized carbons (Fsp3) is 0.222. The lowest BCUT2D eigenvalue weighted by molar-refractivity contribution is 0.0727. The maximum absolute atomic E-state index is 12.9. The van der Waals surface area contributed by atoms with Crippen LogP contribution in [0.15, 0.2) is 41.3 Å². The Kier molecular flexibility index (Phi) is 6.45. The molecular weight excluding hydrogens is 443 g/mol. The zero-order valence-electron chi connectivity index (χ0n) is 14.9. The SMILES string of the molecule is NC(=O)c1cccc(OC(=O)c2cc(S(=O)(=O)N3CCOCC3)c(Cl)cc2Cl)c1. The van der Waals surface area contributed by atoms with Crippen molar-refractivity contribution in [3.05, 3.63) is 57.6 Å². The average Bonchev–Trinajstić information content (AvgIpc) is 2.68. The second-order valence-electron chi connectivity index (χ2n) is 6.06. The van der Waals surface area contributed by atoms with Gasteiger partial charge in [0, 0.05) is 18.7 Å². The molecule has 0 unspecified atom stereocenters. The van der Waals surface area contributed by atoms with Gasteiger partial charge in [0.05, 0.1) is 28.8 Å². The van der Waals surface area contributed by atoms with Gasteiger partial charge in [-0.3, -0.25) is 4.79 Å². The predicted octanol–water partition coefficient (Wildman–Crippen LogP) is 2.33. The molecule has 29 heavy (non-hydrogen) atoms. The number of ether oxygens (including phenoxy) is 2. The Balaban J connectivity index is 1.93. The van der Waals surface area contributed by atoms with Crippen molar-refractivity contribution in [2.24, 2.45) is 5.73 Å². The summed E-state index contributed by atoms with van der Waals surface area (Å²) < 4.78 is 37.4. The molecule has 0 saturated carbocycles. The number of carbonyl (C=O) groups is 2. The highest BCUT2D eigenvalue weighted by molar-refractivity contribution is 7.89. The largest absolute Gasteiger partial charge is 0.423 e. The molecular formula is C18H16Cl2N2O6S. The van der Waals surface area contributed by atoms with E-state index in [1.807, 2.05) is 0 Å². The third kappa shape index (κ3) is 4.71. The van der Waals surface area contributed by atoms with E-state index in [1.165, 1.54) is 34.6 Å². The second-order valence-corrected chi connectivity index (χ2v) is 8.78. The summed E-state index contributed by atoms with van der Waals surface area (Å²) in [4.78, 5) is 23.6. The summed E-state index contributed by atoms with van der Waals surface area (Å²) in [7, 11) is -3.96. The van der Waals surface area contributed by atoms with E-state index < -0.39 is 21.9 Å². The monoisotopic (exact) mass is 458 g/mol. The number of nitrogens with two attached hydrogens (primary N) is 1. The molecule has 2 N–H and O–H groups in total. The topological polar surface area (TPSA) is 116 Å². The fourth-order valence-electron chi connectivity index (χ4n) is 2.68. The summed E-state index contributed by atoms with van der Waals surface area (Å²) in [5, 5.41) is -0.194. The quantitative estimate of drug-likeness (QED) is 0.542. The molecule has 1 fully saturated rings. The zero-order chi connectivity index (χ0) is 21.2. The predicted molar refractivity (Wildman–Crippen MR) is 106 cm³/mol. The highest BCUT2D eigenvalue weighted by Crippen LogP contribution is 2.31. The Morgan fingerprint density at radius 3 is 2.41 bits per heavy atom. The van der Waals surface area contributed by atoms with Crippen LogP contribution in [0.25, 0.3) is 0 Å². The number of nitrogens with zero attached hydrogens (tertiary/aromatic N) is 1. The van der Waals surface area contributed by atoms with E-state index in [2.05, 4.69) is 0 Å². The van der Waals surface area contributed by atoms with Gasteiger partial charge in [-0.2, -0.15) is 4.31 Å². The first kappa shape index (κ1) is 21.5. The van der Waals surface area contributed by atoms with E-state index in [4.69, 9.17) is 38.4 Å². The molecule has 1 amide bonds. The van der Waals surface area contributed by atoms with E-state index in [1.54, 1.807) is 0 Å². The molecule has 3 rings (SSSR count). The number of halogens is 2. The van der Waals surface area contributed by atoms with E-state index in [0.717, 1.165) is 6.07 Å². The Morgan fingerprint density at radius 1 is 1.07 bits per heavy atom. The van der Waals surface area contributed by atoms with Crippen molar-refractivity contribution in [1.29, 1.82) is 0 Å². The standard InChI is InChI=1S/C18H16Cl2N2O6S/c19-14-10-15(20)16(29(25,26)22-4-6-27-7-5-22)9-13(14)18(24)28-12-3-1-2-11(8-12)17(21)23/h1-3,8-10H,4-7H2,(H2,21,23). The lowest BCUT2D eigenvalue weighted by Gasteiger charge is -2.26. The van der Waals surface area contributed by atoms with Gasteiger partial charge in [-0.15, -0.1) is 0 Å². The number of esters is 1. The van der Waals surface area contributed by atoms with Gasteiger partial charge in [0.2, 0.25) is 15.9 Å². The number of morpholine rings is 1. The Bertz CT molecular complexity index is 1070. The number of carbonyl (C=O) groups excluding carboxylic acids is 2. The van der Waals surface area contributed by atoms with Crippen LogP contribution in [0.3, 0.4) is 0 Å². The number of rotatable bonds is 5. The molecule has 1 aliphatic heterocycles. The van der Waals surface area contributed by atoms with Crippen LogP contribution in [0.2, 0.25) is 10.0 Å². The van der Waals surface area contributed by atoms with Crippen LogP contribution in [0, 0.1) is 0 Å². The van der Waals surface area contributed by atoms with Crippen molar-refractivity contribution in [2.45, 2.75) is 4.90 Å². The molecule has 0 radical (unpaired) electrons. The van der Waals surface area contributed by atoms with Crippen molar-refractivity contribution in [3.63, 3.8) is 0 Å². The van der Waals surface area contributed by atoms with E-state index in [-0.39, 0.29) is 58.1 Å². The lowest BCUT2D eigenvalue weighted by atomic mass is 10.2. The number of amides is 1. The Labute approximate surface area is 177 Å². The molecule has 8 nitrogen and oxygen atoms in total. The third-order valence-electron chi connectivity index (χ3n) is 4.16. The summed E-state index contributed by atoms with van der Waals surface area (Å²) in [5.41, 5.74) is 5.17. The number of hydrogen-bond donors (Lipinski definition) is 1. The average molecular weight is 459 g/mol. The zero-order valence-corrected chi connectivity index (χ0v) is 17.3. The fourth-order valence-corrected chi connectivity index (χ4v) is 4.92. The van der Waals surface area contributed by atoms with E-state index >= 15 is 0 Å². The maximum Gasteiger partial charge on any atom is 0.345 e. The summed E-state index contributed by atoms with van der Waals surface area (Å²) in [6, 6.07) is 7.93. The second kappa shape index (κ2) is 8.68. The normalized spacial score (nSPS) is 15.1. The molecule has 0 spiro atoms. The molecule has 0 bridgehead atoms. The first-order chi connectivity index (χ1) is 13.7. The van der Waals surface area contributed by atoms with Gasteiger partial charge in [0.15, 0.2) is 0 Å². The van der Waals surface area contributed by atoms with Crippen LogP contribution < -0.4 is 10.5 Å². The number of benzene rings is 2. The molecule has 1 saturated heterocycles. The molecule has 1 aliphatic rings. The van der Waals surface area contributed by atoms with Crippen molar-refractivity contribution in [1.82, 2.24) is 4.31 Å². The smallest absolute Gasteiger partial charge is 0.345 e. The van der Waals surface area contributed by atoms with Crippen LogP contribution in [-0.4, -0.2) is 50.9 Å². The van der Waals surface area contributed by atoms with Crippen molar-refractivity contribution in [3.8, 4) is 5.75 Å². The summed E-state index contributed by atoms with van der Waals surface area (Å²) in [6.07, 6.45) is 0. The van der Waals surface area contributed by atoms with Crippen LogP contribution in [0.5, 0.6) is 5.75 Å². The van der Waals surface area contributed by atoms with Gasteiger partial charge < -0.3 is 15.2 Å². The molecule has 2 aromatic carbocycles. The van der Waals surface area contributed by atoms with Crippen molar-refractivity contribution >= 4 is 45.1 Å². The molecule has 154 valence electrons. The van der Waals surface area contributed by atoms with Crippen molar-refractivity contribution < 1.29 is 27.5 Å². The van der Waals surface area contributed by atoms with Crippen LogP contribution >= 0.6 is 23.2 Å². The van der Waals surface area contributed by atoms with Crippen LogP contribution in [-0.2, 0) is 14.8 Å². The van der Waals surface area contributed by atoms with Gasteiger partial charge in [-0.05, 0) is 30.3 Å². The van der Waals surface area contributed by atoms with Gasteiger partial charge in [-0.25, -0.2) is 13.2 Å². The number of hydrogen-bond acceptors (Lipinski definition) is 6. The van der Waals surface area contributed by atoms with Crippen LogP contribution in [0.1, 0.15) is 20.7 Å². The first-order valence-electron chi connectivity index (χ1n) is 8.39. The van der Waals surface area contributed by atoms with Gasteiger partial charge in [0.25, 0.3) is 0 Å². The molecule has 11 heteroatoms. The Morgan fingerprint density at radius 2 is 1.76 bits per heavy atom. The highest BCUT2D eigenvalue weighted by Gasteiger charge is 2.30. The van der Waals surface area contributed by atoms with Gasteiger partial charge >= 0.3 is 5.97 Å². The first-order valence-corrected chi connectivity index (χ1v) is 10.6. The summed E-state index contributed by atoms with van der Waals surface area (Å²) in [6.45, 7) is 0.854. The summed E-state index contributed by atoms with van der Waals surface area (Å²) in [5.74, 6) is -1.55. The number of sulfonamides is 1. The highest BCUT2D eigenvalue weighted by atomic mass is 35.5. The molecule has 1 heterocycles. The van der Waals surface area contributed by atoms with Crippen LogP contribution in [0.4, 0.5) is 0 Å². The minimum absolute atomic E-state index is 0.0508. The van der Waals surface area contributed by atoms with E-state index in [0.29, 0.717) is 0 Å². The summed E-state index contributed by atoms with van der Waals surface area (Å²) >= 11 is 12.2. The number of primary amides is 1. The minimum atomic E-state index is -3.96. The molecule has 0 aliphatic carbocycles. The molecule has 0 atom stereocenters. The van der Waals surface area contributed by atoms with Crippen molar-refractivity contribution in [2.75, 3.05) is 26.3 Å². The molecule has 2 aromatic rings.